The van der Waals surface area contributed by atoms with Crippen molar-refractivity contribution in [2.24, 2.45) is 5.73 Å². The molecule has 0 spiro atoms. The van der Waals surface area contributed by atoms with Crippen molar-refractivity contribution in [3.8, 4) is 0 Å². The van der Waals surface area contributed by atoms with Gasteiger partial charge in [-0.25, -0.2) is 17.6 Å². The van der Waals surface area contributed by atoms with E-state index in [2.05, 4.69) is 0 Å². The lowest BCUT2D eigenvalue weighted by Gasteiger charge is -2.14. The number of benzene rings is 1. The number of carbonyl (C=O) groups excluding carboxylic acids is 2. The van der Waals surface area contributed by atoms with Crippen molar-refractivity contribution in [3.05, 3.63) is 35.4 Å². The summed E-state index contributed by atoms with van der Waals surface area (Å²) in [4.78, 5) is 22.9. The molecule has 8 heteroatoms. The molecule has 1 amide bonds. The van der Waals surface area contributed by atoms with Crippen molar-refractivity contribution in [2.45, 2.75) is 18.8 Å². The molecule has 1 aromatic rings. The van der Waals surface area contributed by atoms with Crippen molar-refractivity contribution < 1.29 is 27.2 Å². The predicted molar refractivity (Wildman–Crippen MR) is 66.9 cm³/mol. The number of rotatable bonds is 7. The average molecular weight is 306 g/mol. The Morgan fingerprint density at radius 1 is 1.14 bits per heavy atom. The molecule has 0 aromatic heterocycles. The first-order chi connectivity index (χ1) is 9.75. The molecule has 0 saturated carbocycles. The molecule has 3 N–H and O–H groups in total. The van der Waals surface area contributed by atoms with E-state index in [-0.39, 0.29) is 18.4 Å². The molecular weight excluding hydrogens is 292 g/mol. The zero-order valence-corrected chi connectivity index (χ0v) is 11.0. The molecule has 1 aromatic carbocycles. The van der Waals surface area contributed by atoms with Gasteiger partial charge in [0.05, 0.1) is 13.1 Å². The predicted octanol–water partition coefficient (Wildman–Crippen LogP) is 1.64. The number of alkyl halides is 2. The molecular formula is C13H14F4N2O2. The van der Waals surface area contributed by atoms with E-state index in [4.69, 9.17) is 5.73 Å². The fourth-order valence-electron chi connectivity index (χ4n) is 1.43. The van der Waals surface area contributed by atoms with Crippen LogP contribution in [0.15, 0.2) is 18.2 Å². The average Bonchev–Trinajstić information content (AvgIpc) is 2.45. The van der Waals surface area contributed by atoms with Gasteiger partial charge in [0.2, 0.25) is 5.91 Å². The second-order valence-electron chi connectivity index (χ2n) is 4.39. The molecule has 0 aliphatic rings. The highest BCUT2D eigenvalue weighted by atomic mass is 19.3. The number of nitrogens with one attached hydrogen (secondary N) is 1. The zero-order valence-electron chi connectivity index (χ0n) is 11.0. The van der Waals surface area contributed by atoms with Gasteiger partial charge in [-0.05, 0) is 18.2 Å². The van der Waals surface area contributed by atoms with Gasteiger partial charge in [0.1, 0.15) is 0 Å². The number of amides is 1. The summed E-state index contributed by atoms with van der Waals surface area (Å²) in [5.41, 5.74) is 4.71. The molecule has 0 bridgehead atoms. The molecule has 0 unspecified atom stereocenters. The molecule has 0 saturated heterocycles. The maximum atomic E-state index is 12.9. The van der Waals surface area contributed by atoms with Crippen LogP contribution in [0.2, 0.25) is 0 Å². The van der Waals surface area contributed by atoms with Gasteiger partial charge in [-0.15, -0.1) is 0 Å². The number of hydrogen-bond acceptors (Lipinski definition) is 3. The van der Waals surface area contributed by atoms with E-state index in [0.717, 1.165) is 18.2 Å². The Balaban J connectivity index is 2.45. The highest BCUT2D eigenvalue weighted by Gasteiger charge is 2.27. The maximum Gasteiger partial charge on any atom is 0.277 e. The van der Waals surface area contributed by atoms with Gasteiger partial charge in [-0.1, -0.05) is 0 Å². The quantitative estimate of drug-likeness (QED) is 0.594. The number of ketones is 1. The van der Waals surface area contributed by atoms with Crippen LogP contribution < -0.4 is 11.1 Å². The Labute approximate surface area is 118 Å². The van der Waals surface area contributed by atoms with Crippen LogP contribution in [-0.4, -0.2) is 30.7 Å². The largest absolute Gasteiger partial charge is 0.350 e. The molecule has 0 atom stereocenters. The Bertz CT molecular complexity index is 535. The van der Waals surface area contributed by atoms with Crippen LogP contribution in [0, 0.1) is 11.6 Å². The Morgan fingerprint density at radius 3 is 2.38 bits per heavy atom. The van der Waals surface area contributed by atoms with Gasteiger partial charge in [0.25, 0.3) is 5.92 Å². The smallest absolute Gasteiger partial charge is 0.277 e. The number of hydrogen-bond donors (Lipinski definition) is 2. The van der Waals surface area contributed by atoms with E-state index in [1.807, 2.05) is 5.32 Å². The molecule has 4 nitrogen and oxygen atoms in total. The molecule has 0 fully saturated rings. The van der Waals surface area contributed by atoms with Gasteiger partial charge in [-0.3, -0.25) is 9.59 Å². The third-order valence-corrected chi connectivity index (χ3v) is 2.66. The van der Waals surface area contributed by atoms with Crippen molar-refractivity contribution in [2.75, 3.05) is 13.1 Å². The number of halogens is 4. The standard InChI is InChI=1S/C13H14F4N2O2/c14-9-2-1-8(5-10(9)15)11(20)3-4-12(21)19-7-13(16,17)6-18/h1-2,5H,3-4,6-7,18H2,(H,19,21). The van der Waals surface area contributed by atoms with E-state index < -0.39 is 42.3 Å². The molecule has 116 valence electrons. The van der Waals surface area contributed by atoms with Crippen LogP contribution in [-0.2, 0) is 4.79 Å². The summed E-state index contributed by atoms with van der Waals surface area (Å²) >= 11 is 0. The van der Waals surface area contributed by atoms with E-state index in [0.29, 0.717) is 0 Å². The van der Waals surface area contributed by atoms with Crippen molar-refractivity contribution in [1.82, 2.24) is 5.32 Å². The third kappa shape index (κ3) is 5.50. The minimum absolute atomic E-state index is 0.0889. The Kier molecular flexibility index (Phi) is 5.83. The molecule has 0 aliphatic carbocycles. The van der Waals surface area contributed by atoms with Crippen LogP contribution in [0.4, 0.5) is 17.6 Å². The Hall–Kier alpha value is -1.96. The molecule has 21 heavy (non-hydrogen) atoms. The van der Waals surface area contributed by atoms with Crippen molar-refractivity contribution in [1.29, 1.82) is 0 Å². The number of nitrogens with two attached hydrogens (primary N) is 1. The fraction of sp³-hybridized carbons (Fsp3) is 0.385. The van der Waals surface area contributed by atoms with E-state index >= 15 is 0 Å². The lowest BCUT2D eigenvalue weighted by molar-refractivity contribution is -0.122. The van der Waals surface area contributed by atoms with Gasteiger partial charge in [-0.2, -0.15) is 0 Å². The first kappa shape index (κ1) is 17.1. The van der Waals surface area contributed by atoms with E-state index in [1.54, 1.807) is 0 Å². The van der Waals surface area contributed by atoms with Gasteiger partial charge in [0, 0.05) is 18.4 Å². The van der Waals surface area contributed by atoms with Crippen LogP contribution in [0.25, 0.3) is 0 Å². The summed E-state index contributed by atoms with van der Waals surface area (Å²) in [5, 5.41) is 1.95. The monoisotopic (exact) mass is 306 g/mol. The zero-order chi connectivity index (χ0) is 16.0. The second-order valence-corrected chi connectivity index (χ2v) is 4.39. The molecule has 0 radical (unpaired) electrons. The lowest BCUT2D eigenvalue weighted by atomic mass is 10.1. The highest BCUT2D eigenvalue weighted by molar-refractivity contribution is 5.97. The maximum absolute atomic E-state index is 12.9. The minimum atomic E-state index is -3.21. The molecule has 1 rings (SSSR count). The second kappa shape index (κ2) is 7.16. The summed E-state index contributed by atoms with van der Waals surface area (Å²) in [6.07, 6.45) is -0.635. The summed E-state index contributed by atoms with van der Waals surface area (Å²) < 4.78 is 51.2. The van der Waals surface area contributed by atoms with Crippen LogP contribution >= 0.6 is 0 Å². The number of Topliss-reactive ketones (excluding diaryl/α,β-unsaturated/α-hetero) is 1. The van der Waals surface area contributed by atoms with Crippen LogP contribution in [0.3, 0.4) is 0 Å². The van der Waals surface area contributed by atoms with E-state index in [1.165, 1.54) is 0 Å². The van der Waals surface area contributed by atoms with Crippen LogP contribution in [0.5, 0.6) is 0 Å². The third-order valence-electron chi connectivity index (χ3n) is 2.66. The van der Waals surface area contributed by atoms with Gasteiger partial charge >= 0.3 is 0 Å². The van der Waals surface area contributed by atoms with Crippen molar-refractivity contribution >= 4 is 11.7 Å². The van der Waals surface area contributed by atoms with Crippen molar-refractivity contribution in [3.63, 3.8) is 0 Å². The summed E-state index contributed by atoms with van der Waals surface area (Å²) in [6.45, 7) is -1.82. The number of carbonyl (C=O) groups is 2. The first-order valence-electron chi connectivity index (χ1n) is 6.08. The molecule has 0 aliphatic heterocycles. The summed E-state index contributed by atoms with van der Waals surface area (Å²) in [6, 6.07) is 2.60. The van der Waals surface area contributed by atoms with Crippen LogP contribution in [0.1, 0.15) is 23.2 Å². The summed E-state index contributed by atoms with van der Waals surface area (Å²) in [7, 11) is 0. The van der Waals surface area contributed by atoms with E-state index in [9.17, 15) is 27.2 Å². The SMILES string of the molecule is NCC(F)(F)CNC(=O)CCC(=O)c1ccc(F)c(F)c1. The Morgan fingerprint density at radius 2 is 1.81 bits per heavy atom. The molecule has 0 heterocycles. The highest BCUT2D eigenvalue weighted by Crippen LogP contribution is 2.12. The van der Waals surface area contributed by atoms with Gasteiger partial charge in [0.15, 0.2) is 17.4 Å². The lowest BCUT2D eigenvalue weighted by Crippen LogP contribution is -2.41. The summed E-state index contributed by atoms with van der Waals surface area (Å²) in [5.74, 6) is -6.81. The first-order valence-corrected chi connectivity index (χ1v) is 6.08. The van der Waals surface area contributed by atoms with Gasteiger partial charge < -0.3 is 11.1 Å². The fourth-order valence-corrected chi connectivity index (χ4v) is 1.43. The normalized spacial score (nSPS) is 11.3. The minimum Gasteiger partial charge on any atom is -0.350 e. The topological polar surface area (TPSA) is 72.2 Å².